The molecule has 0 radical (unpaired) electrons. The van der Waals surface area contributed by atoms with Gasteiger partial charge in [0.25, 0.3) is 0 Å². The molecule has 0 bridgehead atoms. The van der Waals surface area contributed by atoms with E-state index in [1.54, 1.807) is 0 Å². The van der Waals surface area contributed by atoms with Crippen LogP contribution in [0.1, 0.15) is 33.1 Å². The van der Waals surface area contributed by atoms with Crippen LogP contribution in [0.5, 0.6) is 5.75 Å². The van der Waals surface area contributed by atoms with Gasteiger partial charge in [-0.25, -0.2) is 0 Å². The lowest BCUT2D eigenvalue weighted by Crippen LogP contribution is -2.48. The first kappa shape index (κ1) is 16.3. The summed E-state index contributed by atoms with van der Waals surface area (Å²) in [6.07, 6.45) is 3.29. The smallest absolute Gasteiger partial charge is 0.120 e. The number of hydrogen-bond acceptors (Lipinski definition) is 3. The number of piperidine rings is 1. The summed E-state index contributed by atoms with van der Waals surface area (Å²) in [5.41, 5.74) is 0. The van der Waals surface area contributed by atoms with E-state index in [0.29, 0.717) is 25.2 Å². The summed E-state index contributed by atoms with van der Waals surface area (Å²) in [6.45, 7) is 5.54. The van der Waals surface area contributed by atoms with Crippen LogP contribution in [0.3, 0.4) is 0 Å². The zero-order valence-corrected chi connectivity index (χ0v) is 14.1. The average molecular weight is 313 g/mol. The predicted molar refractivity (Wildman–Crippen MR) is 94.9 cm³/mol. The van der Waals surface area contributed by atoms with Crippen LogP contribution in [0.25, 0.3) is 10.8 Å². The fraction of sp³-hybridized carbons (Fsp3) is 0.500. The van der Waals surface area contributed by atoms with E-state index in [1.165, 1.54) is 24.6 Å². The summed E-state index contributed by atoms with van der Waals surface area (Å²) in [5, 5.41) is 12.7. The molecule has 3 rings (SSSR count). The molecule has 0 spiro atoms. The number of ether oxygens (including phenoxy) is 1. The quantitative estimate of drug-likeness (QED) is 0.910. The number of β-amino-alcohol motifs (C(OH)–C–C–N with tert-alkyl or cyclic N) is 1. The Morgan fingerprint density at radius 3 is 2.52 bits per heavy atom. The molecule has 0 aromatic heterocycles. The number of aliphatic hydroxyl groups is 1. The zero-order valence-electron chi connectivity index (χ0n) is 14.1. The molecule has 3 heteroatoms. The first-order valence-electron chi connectivity index (χ1n) is 8.69. The number of aliphatic hydroxyl groups excluding tert-OH is 1. The van der Waals surface area contributed by atoms with Crippen molar-refractivity contribution in [2.45, 2.75) is 51.3 Å². The summed E-state index contributed by atoms with van der Waals surface area (Å²) in [5.74, 6) is 0.822. The van der Waals surface area contributed by atoms with E-state index in [9.17, 15) is 5.11 Å². The molecule has 3 nitrogen and oxygen atoms in total. The molecule has 0 amide bonds. The molecule has 1 aliphatic rings. The van der Waals surface area contributed by atoms with Crippen molar-refractivity contribution >= 4 is 10.8 Å². The summed E-state index contributed by atoms with van der Waals surface area (Å²) >= 11 is 0. The molecule has 23 heavy (non-hydrogen) atoms. The maximum absolute atomic E-state index is 10.3. The topological polar surface area (TPSA) is 32.7 Å². The van der Waals surface area contributed by atoms with Gasteiger partial charge in [0.15, 0.2) is 0 Å². The van der Waals surface area contributed by atoms with Crippen LogP contribution in [-0.4, -0.2) is 41.3 Å². The highest BCUT2D eigenvalue weighted by atomic mass is 16.5. The summed E-state index contributed by atoms with van der Waals surface area (Å²) < 4.78 is 5.81. The Balaban J connectivity index is 1.56. The number of hydrogen-bond donors (Lipinski definition) is 1. The molecule has 2 aromatic carbocycles. The van der Waals surface area contributed by atoms with Crippen molar-refractivity contribution in [2.24, 2.45) is 0 Å². The Morgan fingerprint density at radius 1 is 1.09 bits per heavy atom. The Morgan fingerprint density at radius 2 is 1.78 bits per heavy atom. The molecule has 2 aromatic rings. The van der Waals surface area contributed by atoms with E-state index < -0.39 is 6.10 Å². The molecule has 124 valence electrons. The largest absolute Gasteiger partial charge is 0.491 e. The van der Waals surface area contributed by atoms with Gasteiger partial charge in [0.1, 0.15) is 18.5 Å². The van der Waals surface area contributed by atoms with E-state index >= 15 is 0 Å². The summed E-state index contributed by atoms with van der Waals surface area (Å²) in [4.78, 5) is 2.41. The Kier molecular flexibility index (Phi) is 5.19. The molecular weight excluding hydrogens is 286 g/mol. The van der Waals surface area contributed by atoms with Gasteiger partial charge in [-0.05, 0) is 49.6 Å². The van der Waals surface area contributed by atoms with E-state index in [1.807, 2.05) is 24.3 Å². The molecule has 1 fully saturated rings. The van der Waals surface area contributed by atoms with Gasteiger partial charge in [-0.3, -0.25) is 4.90 Å². The third kappa shape index (κ3) is 4.04. The SMILES string of the molecule is CC1CCCC(C)N1CC(O)COc1ccc2ccccc2c1. The van der Waals surface area contributed by atoms with E-state index in [2.05, 4.69) is 36.9 Å². The molecule has 1 heterocycles. The fourth-order valence-corrected chi connectivity index (χ4v) is 3.58. The lowest BCUT2D eigenvalue weighted by Gasteiger charge is -2.40. The molecule has 0 saturated carbocycles. The van der Waals surface area contributed by atoms with Crippen LogP contribution in [0.2, 0.25) is 0 Å². The van der Waals surface area contributed by atoms with Crippen molar-refractivity contribution in [3.8, 4) is 5.75 Å². The molecule has 1 aliphatic heterocycles. The summed E-state index contributed by atoms with van der Waals surface area (Å²) in [6, 6.07) is 15.4. The van der Waals surface area contributed by atoms with Gasteiger partial charge in [0.2, 0.25) is 0 Å². The van der Waals surface area contributed by atoms with Crippen molar-refractivity contribution in [2.75, 3.05) is 13.2 Å². The van der Waals surface area contributed by atoms with E-state index in [0.717, 1.165) is 11.1 Å². The van der Waals surface area contributed by atoms with Crippen molar-refractivity contribution in [3.63, 3.8) is 0 Å². The Hall–Kier alpha value is -1.58. The third-order valence-electron chi connectivity index (χ3n) is 4.96. The maximum Gasteiger partial charge on any atom is 0.120 e. The van der Waals surface area contributed by atoms with Crippen LogP contribution in [0.15, 0.2) is 42.5 Å². The van der Waals surface area contributed by atoms with Crippen molar-refractivity contribution in [3.05, 3.63) is 42.5 Å². The standard InChI is InChI=1S/C20H27NO2/c1-15-6-5-7-16(2)21(15)13-19(22)14-23-20-11-10-17-8-3-4-9-18(17)12-20/h3-4,8-12,15-16,19,22H,5-7,13-14H2,1-2H3. The monoisotopic (exact) mass is 313 g/mol. The van der Waals surface area contributed by atoms with Gasteiger partial charge in [0, 0.05) is 18.6 Å². The van der Waals surface area contributed by atoms with Crippen molar-refractivity contribution in [1.29, 1.82) is 0 Å². The molecular formula is C20H27NO2. The fourth-order valence-electron chi connectivity index (χ4n) is 3.58. The second-order valence-electron chi connectivity index (χ2n) is 6.80. The van der Waals surface area contributed by atoms with Crippen molar-refractivity contribution < 1.29 is 9.84 Å². The lowest BCUT2D eigenvalue weighted by atomic mass is 9.97. The Bertz CT molecular complexity index is 632. The number of rotatable bonds is 5. The third-order valence-corrected chi connectivity index (χ3v) is 4.96. The molecule has 0 aliphatic carbocycles. The van der Waals surface area contributed by atoms with Crippen LogP contribution in [-0.2, 0) is 0 Å². The number of benzene rings is 2. The number of nitrogens with zero attached hydrogens (tertiary/aromatic N) is 1. The van der Waals surface area contributed by atoms with Gasteiger partial charge in [-0.1, -0.05) is 36.8 Å². The second kappa shape index (κ2) is 7.33. The van der Waals surface area contributed by atoms with Gasteiger partial charge in [-0.15, -0.1) is 0 Å². The van der Waals surface area contributed by atoms with Gasteiger partial charge >= 0.3 is 0 Å². The van der Waals surface area contributed by atoms with E-state index in [4.69, 9.17) is 4.74 Å². The van der Waals surface area contributed by atoms with Crippen LogP contribution in [0.4, 0.5) is 0 Å². The molecule has 1 N–H and O–H groups in total. The number of fused-ring (bicyclic) bond motifs is 1. The zero-order chi connectivity index (χ0) is 16.2. The minimum Gasteiger partial charge on any atom is -0.491 e. The first-order valence-corrected chi connectivity index (χ1v) is 8.69. The highest BCUT2D eigenvalue weighted by Crippen LogP contribution is 2.23. The minimum atomic E-state index is -0.454. The Labute approximate surface area is 138 Å². The summed E-state index contributed by atoms with van der Waals surface area (Å²) in [7, 11) is 0. The predicted octanol–water partition coefficient (Wildman–Crippen LogP) is 3.84. The van der Waals surface area contributed by atoms with Gasteiger partial charge in [-0.2, -0.15) is 0 Å². The second-order valence-corrected chi connectivity index (χ2v) is 6.80. The van der Waals surface area contributed by atoms with Gasteiger partial charge < -0.3 is 9.84 Å². The maximum atomic E-state index is 10.3. The van der Waals surface area contributed by atoms with Crippen LogP contribution >= 0.6 is 0 Å². The van der Waals surface area contributed by atoms with Crippen LogP contribution in [0, 0.1) is 0 Å². The minimum absolute atomic E-state index is 0.342. The first-order chi connectivity index (χ1) is 11.1. The highest BCUT2D eigenvalue weighted by molar-refractivity contribution is 5.83. The lowest BCUT2D eigenvalue weighted by molar-refractivity contribution is 0.0209. The molecule has 1 saturated heterocycles. The number of likely N-dealkylation sites (tertiary alicyclic amines) is 1. The normalized spacial score (nSPS) is 23.8. The van der Waals surface area contributed by atoms with Crippen LogP contribution < -0.4 is 4.74 Å². The highest BCUT2D eigenvalue weighted by Gasteiger charge is 2.26. The average Bonchev–Trinajstić information content (AvgIpc) is 2.56. The van der Waals surface area contributed by atoms with E-state index in [-0.39, 0.29) is 0 Å². The van der Waals surface area contributed by atoms with Gasteiger partial charge in [0.05, 0.1) is 0 Å². The molecule has 3 atom stereocenters. The molecule has 3 unspecified atom stereocenters. The van der Waals surface area contributed by atoms with Crippen molar-refractivity contribution in [1.82, 2.24) is 4.90 Å².